The molecule has 1 heterocycles. The van der Waals surface area contributed by atoms with E-state index < -0.39 is 0 Å². The highest BCUT2D eigenvalue weighted by Crippen LogP contribution is 2.53. The van der Waals surface area contributed by atoms with E-state index in [1.54, 1.807) is 0 Å². The smallest absolute Gasteiger partial charge is 0.0991 e. The summed E-state index contributed by atoms with van der Waals surface area (Å²) >= 11 is 0. The van der Waals surface area contributed by atoms with Gasteiger partial charge in [-0.25, -0.2) is 0 Å². The Labute approximate surface area is 146 Å². The second-order valence-electron chi connectivity index (χ2n) is 8.88. The van der Waals surface area contributed by atoms with Crippen LogP contribution in [0.15, 0.2) is 24.3 Å². The van der Waals surface area contributed by atoms with Crippen LogP contribution >= 0.6 is 0 Å². The molecule has 1 saturated heterocycles. The van der Waals surface area contributed by atoms with E-state index in [0.717, 1.165) is 18.4 Å². The molecule has 0 N–H and O–H groups in total. The standard InChI is InChI=1S/C21H30N2O/c1-14(2)23-19-15(3)11-21(6,12-18(19)20(4,5)24-23)17-9-7-8-16(10-17)13-22/h7-10,14-15,18-19H,11-12H2,1-6H3. The fourth-order valence-corrected chi connectivity index (χ4v) is 5.05. The molecule has 0 aromatic heterocycles. The van der Waals surface area contributed by atoms with Crippen LogP contribution in [0, 0.1) is 23.2 Å². The minimum absolute atomic E-state index is 0.0983. The van der Waals surface area contributed by atoms with E-state index in [-0.39, 0.29) is 11.0 Å². The molecular weight excluding hydrogens is 296 g/mol. The van der Waals surface area contributed by atoms with E-state index in [0.29, 0.717) is 23.9 Å². The van der Waals surface area contributed by atoms with Gasteiger partial charge in [0.25, 0.3) is 0 Å². The van der Waals surface area contributed by atoms with E-state index in [2.05, 4.69) is 64.8 Å². The van der Waals surface area contributed by atoms with Crippen LogP contribution in [-0.4, -0.2) is 22.7 Å². The third kappa shape index (κ3) is 2.76. The second kappa shape index (κ2) is 5.86. The van der Waals surface area contributed by atoms with Crippen molar-refractivity contribution < 1.29 is 4.84 Å². The molecule has 3 rings (SSSR count). The number of hydroxylamine groups is 2. The maximum atomic E-state index is 9.25. The zero-order valence-corrected chi connectivity index (χ0v) is 15.8. The highest BCUT2D eigenvalue weighted by Gasteiger charge is 2.56. The monoisotopic (exact) mass is 326 g/mol. The lowest BCUT2D eigenvalue weighted by molar-refractivity contribution is -0.215. The SMILES string of the molecule is CC1CC(C)(c2cccc(C#N)c2)CC2C1N(C(C)C)OC2(C)C. The lowest BCUT2D eigenvalue weighted by atomic mass is 9.59. The first kappa shape index (κ1) is 17.5. The third-order valence-electron chi connectivity index (χ3n) is 6.16. The Kier molecular flexibility index (Phi) is 4.26. The zero-order valence-electron chi connectivity index (χ0n) is 15.8. The average Bonchev–Trinajstić information content (AvgIpc) is 2.79. The Morgan fingerprint density at radius 1 is 1.25 bits per heavy atom. The summed E-state index contributed by atoms with van der Waals surface area (Å²) in [5.41, 5.74) is 2.01. The third-order valence-corrected chi connectivity index (χ3v) is 6.16. The Hall–Kier alpha value is -1.37. The zero-order chi connectivity index (χ0) is 17.7. The average molecular weight is 326 g/mol. The maximum absolute atomic E-state index is 9.25. The molecule has 0 amide bonds. The van der Waals surface area contributed by atoms with Gasteiger partial charge in [0, 0.05) is 18.0 Å². The predicted octanol–water partition coefficient (Wildman–Crippen LogP) is 4.66. The van der Waals surface area contributed by atoms with Crippen LogP contribution in [0.1, 0.15) is 65.5 Å². The summed E-state index contributed by atoms with van der Waals surface area (Å²) in [6.07, 6.45) is 2.23. The van der Waals surface area contributed by atoms with Gasteiger partial charge in [-0.15, -0.1) is 0 Å². The van der Waals surface area contributed by atoms with Gasteiger partial charge in [-0.2, -0.15) is 10.3 Å². The van der Waals surface area contributed by atoms with Gasteiger partial charge in [-0.05, 0) is 69.6 Å². The molecular formula is C21H30N2O. The fraction of sp³-hybridized carbons (Fsp3) is 0.667. The van der Waals surface area contributed by atoms with Crippen LogP contribution in [-0.2, 0) is 10.3 Å². The van der Waals surface area contributed by atoms with Crippen LogP contribution in [0.3, 0.4) is 0 Å². The van der Waals surface area contributed by atoms with Gasteiger partial charge in [0.15, 0.2) is 0 Å². The number of fused-ring (bicyclic) bond motifs is 1. The Balaban J connectivity index is 1.97. The fourth-order valence-electron chi connectivity index (χ4n) is 5.05. The number of nitriles is 1. The molecule has 2 aliphatic rings. The van der Waals surface area contributed by atoms with Crippen molar-refractivity contribution in [2.45, 2.75) is 77.5 Å². The Bertz CT molecular complexity index is 660. The topological polar surface area (TPSA) is 36.3 Å². The molecule has 1 aromatic carbocycles. The summed E-state index contributed by atoms with van der Waals surface area (Å²) in [7, 11) is 0. The molecule has 130 valence electrons. The van der Waals surface area contributed by atoms with Gasteiger partial charge in [0.05, 0.1) is 17.2 Å². The predicted molar refractivity (Wildman–Crippen MR) is 96.3 cm³/mol. The molecule has 0 radical (unpaired) electrons. The van der Waals surface area contributed by atoms with Crippen molar-refractivity contribution in [2.24, 2.45) is 11.8 Å². The molecule has 4 unspecified atom stereocenters. The quantitative estimate of drug-likeness (QED) is 0.792. The minimum Gasteiger partial charge on any atom is -0.292 e. The van der Waals surface area contributed by atoms with Gasteiger partial charge < -0.3 is 0 Å². The molecule has 1 aromatic rings. The highest BCUT2D eigenvalue weighted by atomic mass is 16.7. The number of rotatable bonds is 2. The van der Waals surface area contributed by atoms with Crippen LogP contribution < -0.4 is 0 Å². The maximum Gasteiger partial charge on any atom is 0.0991 e. The Morgan fingerprint density at radius 2 is 1.96 bits per heavy atom. The first-order valence-corrected chi connectivity index (χ1v) is 9.16. The number of hydrogen-bond donors (Lipinski definition) is 0. The van der Waals surface area contributed by atoms with Crippen LogP contribution in [0.25, 0.3) is 0 Å². The van der Waals surface area contributed by atoms with E-state index in [9.17, 15) is 5.26 Å². The van der Waals surface area contributed by atoms with Gasteiger partial charge in [0.1, 0.15) is 0 Å². The number of benzene rings is 1. The van der Waals surface area contributed by atoms with Crippen LogP contribution in [0.2, 0.25) is 0 Å². The second-order valence-corrected chi connectivity index (χ2v) is 8.88. The largest absolute Gasteiger partial charge is 0.292 e. The number of hydrogen-bond acceptors (Lipinski definition) is 3. The molecule has 1 aliphatic carbocycles. The van der Waals surface area contributed by atoms with E-state index >= 15 is 0 Å². The van der Waals surface area contributed by atoms with E-state index in [4.69, 9.17) is 4.84 Å². The van der Waals surface area contributed by atoms with Crippen LogP contribution in [0.5, 0.6) is 0 Å². The molecule has 24 heavy (non-hydrogen) atoms. The molecule has 1 saturated carbocycles. The van der Waals surface area contributed by atoms with E-state index in [1.165, 1.54) is 5.56 Å². The van der Waals surface area contributed by atoms with Crippen molar-refractivity contribution >= 4 is 0 Å². The molecule has 4 atom stereocenters. The summed E-state index contributed by atoms with van der Waals surface area (Å²) in [5.74, 6) is 1.06. The highest BCUT2D eigenvalue weighted by molar-refractivity contribution is 5.37. The van der Waals surface area contributed by atoms with E-state index in [1.807, 2.05) is 12.1 Å². The van der Waals surface area contributed by atoms with Crippen molar-refractivity contribution in [3.8, 4) is 6.07 Å². The normalized spacial score (nSPS) is 35.7. The van der Waals surface area contributed by atoms with Gasteiger partial charge >= 0.3 is 0 Å². The van der Waals surface area contributed by atoms with Gasteiger partial charge in [-0.1, -0.05) is 26.0 Å². The van der Waals surface area contributed by atoms with Gasteiger partial charge in [0.2, 0.25) is 0 Å². The summed E-state index contributed by atoms with van der Waals surface area (Å²) in [4.78, 5) is 6.38. The van der Waals surface area contributed by atoms with Crippen molar-refractivity contribution in [1.82, 2.24) is 5.06 Å². The molecule has 1 aliphatic heterocycles. The molecule has 0 bridgehead atoms. The lowest BCUT2D eigenvalue weighted by Crippen LogP contribution is -2.50. The molecule has 2 fully saturated rings. The van der Waals surface area contributed by atoms with Crippen molar-refractivity contribution in [2.75, 3.05) is 0 Å². The summed E-state index contributed by atoms with van der Waals surface area (Å²) in [5, 5.41) is 11.5. The van der Waals surface area contributed by atoms with Crippen LogP contribution in [0.4, 0.5) is 0 Å². The Morgan fingerprint density at radius 3 is 2.58 bits per heavy atom. The minimum atomic E-state index is -0.141. The molecule has 0 spiro atoms. The summed E-state index contributed by atoms with van der Waals surface area (Å²) < 4.78 is 0. The van der Waals surface area contributed by atoms with Crippen molar-refractivity contribution in [1.29, 1.82) is 5.26 Å². The first-order chi connectivity index (χ1) is 11.2. The molecule has 3 nitrogen and oxygen atoms in total. The van der Waals surface area contributed by atoms with Gasteiger partial charge in [-0.3, -0.25) is 4.84 Å². The number of nitrogens with zero attached hydrogens (tertiary/aromatic N) is 2. The summed E-state index contributed by atoms with van der Waals surface area (Å²) in [6.45, 7) is 13.6. The van der Waals surface area contributed by atoms with Crippen molar-refractivity contribution in [3.63, 3.8) is 0 Å². The van der Waals surface area contributed by atoms with Crippen molar-refractivity contribution in [3.05, 3.63) is 35.4 Å². The summed E-state index contributed by atoms with van der Waals surface area (Å²) in [6, 6.07) is 11.3. The first-order valence-electron chi connectivity index (χ1n) is 9.16. The lowest BCUT2D eigenvalue weighted by Gasteiger charge is -2.47. The molecule has 3 heteroatoms.